The monoisotopic (exact) mass is 275 g/mol. The number of primary amides is 1. The number of hydrogen-bond acceptors (Lipinski definition) is 4. The van der Waals surface area contributed by atoms with Gasteiger partial charge < -0.3 is 16.2 Å². The Morgan fingerprint density at radius 3 is 2.95 bits per heavy atom. The number of nitrogens with two attached hydrogens (primary N) is 1. The molecule has 1 heterocycles. The third kappa shape index (κ3) is 5.08. The van der Waals surface area contributed by atoms with Gasteiger partial charge in [0.2, 0.25) is 5.91 Å². The van der Waals surface area contributed by atoms with Crippen LogP contribution in [0.2, 0.25) is 0 Å². The van der Waals surface area contributed by atoms with Crippen molar-refractivity contribution in [1.29, 1.82) is 0 Å². The van der Waals surface area contributed by atoms with Gasteiger partial charge in [0.1, 0.15) is 0 Å². The third-order valence-corrected chi connectivity index (χ3v) is 2.41. The summed E-state index contributed by atoms with van der Waals surface area (Å²) >= 11 is 0. The zero-order chi connectivity index (χ0) is 15.0. The fourth-order valence-corrected chi connectivity index (χ4v) is 1.56. The number of nitrogens with zero attached hydrogens (tertiary/aromatic N) is 1. The Bertz CT molecular complexity index is 546. The van der Waals surface area contributed by atoms with Crippen LogP contribution in [0.1, 0.15) is 35.7 Å². The van der Waals surface area contributed by atoms with E-state index < -0.39 is 5.91 Å². The number of aliphatic hydroxyl groups excluding tert-OH is 1. The molecule has 6 nitrogen and oxygen atoms in total. The highest BCUT2D eigenvalue weighted by Gasteiger charge is 2.14. The van der Waals surface area contributed by atoms with E-state index in [1.807, 2.05) is 0 Å². The van der Waals surface area contributed by atoms with Crippen LogP contribution in [-0.4, -0.2) is 34.6 Å². The molecule has 1 aromatic rings. The van der Waals surface area contributed by atoms with Crippen LogP contribution in [0.25, 0.3) is 0 Å². The van der Waals surface area contributed by atoms with E-state index in [4.69, 9.17) is 10.8 Å². The van der Waals surface area contributed by atoms with Gasteiger partial charge >= 0.3 is 0 Å². The predicted octanol–water partition coefficient (Wildman–Crippen LogP) is -0.191. The lowest BCUT2D eigenvalue weighted by Gasteiger charge is -2.12. The molecule has 0 aliphatic heterocycles. The minimum absolute atomic E-state index is 0.0373. The topological polar surface area (TPSA) is 105 Å². The quantitative estimate of drug-likeness (QED) is 0.648. The van der Waals surface area contributed by atoms with Crippen LogP contribution in [0.4, 0.5) is 0 Å². The highest BCUT2D eigenvalue weighted by atomic mass is 16.2. The lowest BCUT2D eigenvalue weighted by Crippen LogP contribution is -2.36. The molecule has 2 amide bonds. The van der Waals surface area contributed by atoms with Gasteiger partial charge in [-0.1, -0.05) is 11.8 Å². The molecule has 0 aromatic carbocycles. The van der Waals surface area contributed by atoms with Crippen LogP contribution >= 0.6 is 0 Å². The zero-order valence-corrected chi connectivity index (χ0v) is 11.2. The highest BCUT2D eigenvalue weighted by Crippen LogP contribution is 2.06. The van der Waals surface area contributed by atoms with Crippen LogP contribution in [0, 0.1) is 11.8 Å². The summed E-state index contributed by atoms with van der Waals surface area (Å²) in [6, 6.07) is 1.20. The maximum absolute atomic E-state index is 12.1. The minimum atomic E-state index is -0.476. The van der Waals surface area contributed by atoms with Crippen LogP contribution in [0.15, 0.2) is 18.5 Å². The second kappa shape index (κ2) is 7.92. The van der Waals surface area contributed by atoms with Crippen molar-refractivity contribution < 1.29 is 14.7 Å². The number of aliphatic hydroxyl groups is 1. The van der Waals surface area contributed by atoms with E-state index in [9.17, 15) is 9.59 Å². The first-order valence-electron chi connectivity index (χ1n) is 6.17. The summed E-state index contributed by atoms with van der Waals surface area (Å²) in [5.74, 6) is 4.71. The average molecular weight is 275 g/mol. The number of amides is 2. The second-order valence-electron chi connectivity index (χ2n) is 4.24. The van der Waals surface area contributed by atoms with E-state index in [1.54, 1.807) is 13.0 Å². The number of carbonyl (C=O) groups is 2. The Morgan fingerprint density at radius 1 is 1.55 bits per heavy atom. The van der Waals surface area contributed by atoms with Crippen molar-refractivity contribution in [3.63, 3.8) is 0 Å². The molecular formula is C14H17N3O3. The van der Waals surface area contributed by atoms with E-state index >= 15 is 0 Å². The fourth-order valence-electron chi connectivity index (χ4n) is 1.56. The Kier molecular flexibility index (Phi) is 6.20. The number of hydrogen-bond donors (Lipinski definition) is 3. The molecule has 1 atom stereocenters. The molecule has 0 bridgehead atoms. The molecule has 0 aliphatic rings. The van der Waals surface area contributed by atoms with Gasteiger partial charge in [0.25, 0.3) is 5.91 Å². The largest absolute Gasteiger partial charge is 0.395 e. The molecule has 1 rings (SSSR count). The van der Waals surface area contributed by atoms with E-state index in [1.165, 1.54) is 12.4 Å². The summed E-state index contributed by atoms with van der Waals surface area (Å²) in [6.45, 7) is 1.66. The number of nitrogens with one attached hydrogen (secondary N) is 1. The Labute approximate surface area is 117 Å². The summed E-state index contributed by atoms with van der Waals surface area (Å²) in [5, 5.41) is 11.4. The first-order valence-corrected chi connectivity index (χ1v) is 6.17. The molecule has 0 radical (unpaired) electrons. The summed E-state index contributed by atoms with van der Waals surface area (Å²) in [4.78, 5) is 26.8. The molecule has 0 spiro atoms. The minimum Gasteiger partial charge on any atom is -0.395 e. The third-order valence-electron chi connectivity index (χ3n) is 2.41. The molecule has 106 valence electrons. The number of aromatic nitrogens is 1. The van der Waals surface area contributed by atoms with E-state index in [2.05, 4.69) is 22.1 Å². The van der Waals surface area contributed by atoms with E-state index in [0.29, 0.717) is 17.5 Å². The van der Waals surface area contributed by atoms with Gasteiger partial charge in [-0.15, -0.1) is 0 Å². The molecule has 0 saturated carbocycles. The predicted molar refractivity (Wildman–Crippen MR) is 73.6 cm³/mol. The molecule has 0 fully saturated rings. The summed E-state index contributed by atoms with van der Waals surface area (Å²) < 4.78 is 0. The van der Waals surface area contributed by atoms with Gasteiger partial charge in [-0.05, 0) is 13.0 Å². The number of pyridine rings is 1. The van der Waals surface area contributed by atoms with Crippen molar-refractivity contribution in [3.05, 3.63) is 29.6 Å². The maximum Gasteiger partial charge on any atom is 0.252 e. The SMILES string of the molecule is CC(CC(N)=O)NC(=O)c1ccncc1C#CCCO. The molecule has 6 heteroatoms. The zero-order valence-electron chi connectivity index (χ0n) is 11.2. The van der Waals surface area contributed by atoms with Crippen molar-refractivity contribution in [2.75, 3.05) is 6.61 Å². The Morgan fingerprint density at radius 2 is 2.30 bits per heavy atom. The van der Waals surface area contributed by atoms with Crippen molar-refractivity contribution in [2.45, 2.75) is 25.8 Å². The second-order valence-corrected chi connectivity index (χ2v) is 4.24. The number of rotatable bonds is 5. The van der Waals surface area contributed by atoms with E-state index in [-0.39, 0.29) is 25.0 Å². The standard InChI is InChI=1S/C14H17N3O3/c1-10(8-13(15)19)17-14(20)12-5-6-16-9-11(12)4-2-3-7-18/h5-6,9-10,18H,3,7-8H2,1H3,(H2,15,19)(H,17,20). The van der Waals surface area contributed by atoms with Gasteiger partial charge in [-0.2, -0.15) is 0 Å². The van der Waals surface area contributed by atoms with Crippen LogP contribution in [0.5, 0.6) is 0 Å². The van der Waals surface area contributed by atoms with Gasteiger partial charge in [0.05, 0.1) is 17.7 Å². The lowest BCUT2D eigenvalue weighted by atomic mass is 10.1. The summed E-state index contributed by atoms with van der Waals surface area (Å²) in [5.41, 5.74) is 5.93. The molecule has 0 saturated heterocycles. The molecular weight excluding hydrogens is 258 g/mol. The summed E-state index contributed by atoms with van der Waals surface area (Å²) in [7, 11) is 0. The van der Waals surface area contributed by atoms with Crippen LogP contribution in [-0.2, 0) is 4.79 Å². The first kappa shape index (κ1) is 15.7. The van der Waals surface area contributed by atoms with Gasteiger partial charge in [0, 0.05) is 31.3 Å². The van der Waals surface area contributed by atoms with Crippen molar-refractivity contribution >= 4 is 11.8 Å². The Balaban J connectivity index is 2.83. The van der Waals surface area contributed by atoms with Crippen LogP contribution < -0.4 is 11.1 Å². The molecule has 1 aromatic heterocycles. The van der Waals surface area contributed by atoms with Gasteiger partial charge in [-0.3, -0.25) is 14.6 Å². The Hall–Kier alpha value is -2.39. The van der Waals surface area contributed by atoms with Crippen LogP contribution in [0.3, 0.4) is 0 Å². The van der Waals surface area contributed by atoms with Crippen molar-refractivity contribution in [2.24, 2.45) is 5.73 Å². The lowest BCUT2D eigenvalue weighted by molar-refractivity contribution is -0.118. The first-order chi connectivity index (χ1) is 9.54. The molecule has 20 heavy (non-hydrogen) atoms. The van der Waals surface area contributed by atoms with Gasteiger partial charge in [0.15, 0.2) is 0 Å². The number of carbonyl (C=O) groups excluding carboxylic acids is 2. The fraction of sp³-hybridized carbons (Fsp3) is 0.357. The highest BCUT2D eigenvalue weighted by molar-refractivity contribution is 5.97. The molecule has 1 unspecified atom stereocenters. The van der Waals surface area contributed by atoms with E-state index in [0.717, 1.165) is 0 Å². The van der Waals surface area contributed by atoms with Gasteiger partial charge in [-0.25, -0.2) is 0 Å². The molecule has 0 aliphatic carbocycles. The summed E-state index contributed by atoms with van der Waals surface area (Å²) in [6.07, 6.45) is 3.37. The molecule has 4 N–H and O–H groups in total. The maximum atomic E-state index is 12.1. The smallest absolute Gasteiger partial charge is 0.252 e. The van der Waals surface area contributed by atoms with Crippen molar-refractivity contribution in [1.82, 2.24) is 10.3 Å². The average Bonchev–Trinajstić information content (AvgIpc) is 2.38. The normalized spacial score (nSPS) is 11.1. The van der Waals surface area contributed by atoms with Crippen molar-refractivity contribution in [3.8, 4) is 11.8 Å².